The van der Waals surface area contributed by atoms with Crippen LogP contribution in [-0.2, 0) is 11.2 Å². The molecule has 0 saturated heterocycles. The lowest BCUT2D eigenvalue weighted by Crippen LogP contribution is -2.19. The average molecular weight is 324 g/mol. The van der Waals surface area contributed by atoms with Crippen LogP contribution >= 0.6 is 11.3 Å². The molecule has 5 heteroatoms. The lowest BCUT2D eigenvalue weighted by molar-refractivity contribution is -0.120. The monoisotopic (exact) mass is 324 g/mol. The zero-order chi connectivity index (χ0) is 16.1. The second kappa shape index (κ2) is 7.07. The first-order valence-electron chi connectivity index (χ1n) is 7.18. The Balaban J connectivity index is 1.75. The van der Waals surface area contributed by atoms with E-state index in [2.05, 4.69) is 10.5 Å². The predicted octanol–water partition coefficient (Wildman–Crippen LogP) is 3.60. The maximum Gasteiger partial charge on any atom is 0.245 e. The molecule has 0 saturated carbocycles. The van der Waals surface area contributed by atoms with Crippen molar-refractivity contribution < 1.29 is 9.53 Å². The minimum absolute atomic E-state index is 0.124. The van der Waals surface area contributed by atoms with Crippen molar-refractivity contribution >= 4 is 34.2 Å². The summed E-state index contributed by atoms with van der Waals surface area (Å²) in [7, 11) is 1.65. The van der Waals surface area contributed by atoms with Crippen LogP contribution in [0.3, 0.4) is 0 Å². The fraction of sp³-hybridized carbons (Fsp3) is 0.111. The van der Waals surface area contributed by atoms with Gasteiger partial charge in [0.15, 0.2) is 0 Å². The zero-order valence-electron chi connectivity index (χ0n) is 12.7. The van der Waals surface area contributed by atoms with Gasteiger partial charge in [-0.1, -0.05) is 30.3 Å². The van der Waals surface area contributed by atoms with Gasteiger partial charge in [0.05, 0.1) is 19.7 Å². The number of carbonyl (C=O) groups excluding carboxylic acids is 1. The smallest absolute Gasteiger partial charge is 0.245 e. The van der Waals surface area contributed by atoms with Crippen molar-refractivity contribution in [2.24, 2.45) is 5.10 Å². The minimum atomic E-state index is -0.124. The topological polar surface area (TPSA) is 50.7 Å². The molecule has 1 aromatic heterocycles. The third kappa shape index (κ3) is 3.57. The van der Waals surface area contributed by atoms with Gasteiger partial charge >= 0.3 is 0 Å². The summed E-state index contributed by atoms with van der Waals surface area (Å²) in [4.78, 5) is 12.8. The second-order valence-electron chi connectivity index (χ2n) is 4.95. The molecule has 2 aromatic carbocycles. The molecular formula is C18H16N2O2S. The van der Waals surface area contributed by atoms with Gasteiger partial charge in [-0.25, -0.2) is 5.43 Å². The third-order valence-electron chi connectivity index (χ3n) is 3.45. The number of fused-ring (bicyclic) bond motifs is 1. The van der Waals surface area contributed by atoms with Crippen molar-refractivity contribution in [1.82, 2.24) is 5.43 Å². The van der Waals surface area contributed by atoms with Crippen LogP contribution in [0.5, 0.6) is 5.75 Å². The standard InChI is InChI=1S/C18H16N2O2S/c1-22-17-9-8-13(15-6-2-3-7-16(15)17)12-19-20-18(21)11-14-5-4-10-23-14/h2-10,12H,11H2,1H3,(H,20,21)/b19-12-. The number of carbonyl (C=O) groups is 1. The molecule has 3 aromatic rings. The van der Waals surface area contributed by atoms with E-state index in [0.717, 1.165) is 27.0 Å². The number of ether oxygens (including phenoxy) is 1. The Morgan fingerprint density at radius 1 is 1.17 bits per heavy atom. The van der Waals surface area contributed by atoms with Gasteiger partial charge in [-0.3, -0.25) is 4.79 Å². The normalized spacial score (nSPS) is 11.0. The van der Waals surface area contributed by atoms with Crippen molar-refractivity contribution in [3.05, 3.63) is 64.4 Å². The number of nitrogens with one attached hydrogen (secondary N) is 1. The summed E-state index contributed by atoms with van der Waals surface area (Å²) in [5.74, 6) is 0.695. The van der Waals surface area contributed by atoms with Gasteiger partial charge in [0, 0.05) is 15.8 Å². The number of nitrogens with zero attached hydrogens (tertiary/aromatic N) is 1. The van der Waals surface area contributed by atoms with Crippen LogP contribution in [0.25, 0.3) is 10.8 Å². The minimum Gasteiger partial charge on any atom is -0.496 e. The van der Waals surface area contributed by atoms with Crippen molar-refractivity contribution in [1.29, 1.82) is 0 Å². The maximum atomic E-state index is 11.8. The highest BCUT2D eigenvalue weighted by Crippen LogP contribution is 2.27. The van der Waals surface area contributed by atoms with E-state index < -0.39 is 0 Å². The van der Waals surface area contributed by atoms with E-state index in [9.17, 15) is 4.79 Å². The molecule has 4 nitrogen and oxygen atoms in total. The van der Waals surface area contributed by atoms with Gasteiger partial charge in [0.1, 0.15) is 5.75 Å². The Morgan fingerprint density at radius 3 is 2.74 bits per heavy atom. The second-order valence-corrected chi connectivity index (χ2v) is 5.98. The molecular weight excluding hydrogens is 308 g/mol. The Labute approximate surface area is 138 Å². The summed E-state index contributed by atoms with van der Waals surface area (Å²) < 4.78 is 5.37. The van der Waals surface area contributed by atoms with E-state index in [1.54, 1.807) is 24.7 Å². The quantitative estimate of drug-likeness (QED) is 0.576. The van der Waals surface area contributed by atoms with Gasteiger partial charge in [-0.15, -0.1) is 11.3 Å². The lowest BCUT2D eigenvalue weighted by atomic mass is 10.0. The summed E-state index contributed by atoms with van der Waals surface area (Å²) in [6.07, 6.45) is 2.01. The van der Waals surface area contributed by atoms with Gasteiger partial charge in [-0.2, -0.15) is 5.10 Å². The molecule has 0 bridgehead atoms. The van der Waals surface area contributed by atoms with Crippen LogP contribution < -0.4 is 10.2 Å². The largest absolute Gasteiger partial charge is 0.496 e. The van der Waals surface area contributed by atoms with Crippen molar-refractivity contribution in [3.63, 3.8) is 0 Å². The van der Waals surface area contributed by atoms with E-state index in [-0.39, 0.29) is 5.91 Å². The number of amides is 1. The first-order valence-corrected chi connectivity index (χ1v) is 8.06. The summed E-state index contributed by atoms with van der Waals surface area (Å²) in [5.41, 5.74) is 3.50. The summed E-state index contributed by atoms with van der Waals surface area (Å²) in [5, 5.41) is 8.07. The SMILES string of the molecule is COc1ccc(/C=N\NC(=O)Cc2cccs2)c2ccccc12. The van der Waals surface area contributed by atoms with E-state index in [1.807, 2.05) is 53.9 Å². The van der Waals surface area contributed by atoms with Crippen LogP contribution in [0.4, 0.5) is 0 Å². The zero-order valence-corrected chi connectivity index (χ0v) is 13.5. The Bertz CT molecular complexity index is 841. The van der Waals surface area contributed by atoms with E-state index >= 15 is 0 Å². The fourth-order valence-electron chi connectivity index (χ4n) is 2.37. The highest BCUT2D eigenvalue weighted by molar-refractivity contribution is 7.10. The van der Waals surface area contributed by atoms with Crippen LogP contribution in [-0.4, -0.2) is 19.2 Å². The molecule has 3 rings (SSSR count). The number of benzene rings is 2. The fourth-order valence-corrected chi connectivity index (χ4v) is 3.07. The Kier molecular flexibility index (Phi) is 4.68. The molecule has 0 spiro atoms. The summed E-state index contributed by atoms with van der Waals surface area (Å²) >= 11 is 1.56. The van der Waals surface area contributed by atoms with Gasteiger partial charge in [-0.05, 0) is 29.0 Å². The number of hydrogen-bond acceptors (Lipinski definition) is 4. The number of hydrazone groups is 1. The van der Waals surface area contributed by atoms with E-state index in [0.29, 0.717) is 6.42 Å². The molecule has 1 heterocycles. The molecule has 0 aliphatic rings. The third-order valence-corrected chi connectivity index (χ3v) is 4.32. The van der Waals surface area contributed by atoms with Crippen molar-refractivity contribution in [2.75, 3.05) is 7.11 Å². The van der Waals surface area contributed by atoms with E-state index in [4.69, 9.17) is 4.74 Å². The summed E-state index contributed by atoms with van der Waals surface area (Å²) in [6.45, 7) is 0. The maximum absolute atomic E-state index is 11.8. The van der Waals surface area contributed by atoms with Gasteiger partial charge < -0.3 is 4.74 Å². The summed E-state index contributed by atoms with van der Waals surface area (Å²) in [6, 6.07) is 15.6. The molecule has 23 heavy (non-hydrogen) atoms. The molecule has 0 aliphatic heterocycles. The number of hydrogen-bond donors (Lipinski definition) is 1. The van der Waals surface area contributed by atoms with E-state index in [1.165, 1.54) is 0 Å². The number of thiophene rings is 1. The molecule has 1 N–H and O–H groups in total. The first-order chi connectivity index (χ1) is 11.3. The molecule has 116 valence electrons. The lowest BCUT2D eigenvalue weighted by Gasteiger charge is -2.07. The van der Waals surface area contributed by atoms with Crippen LogP contribution in [0.2, 0.25) is 0 Å². The van der Waals surface area contributed by atoms with Gasteiger partial charge in [0.25, 0.3) is 0 Å². The highest BCUT2D eigenvalue weighted by Gasteiger charge is 2.05. The molecule has 0 atom stereocenters. The van der Waals surface area contributed by atoms with Crippen LogP contribution in [0.15, 0.2) is 59.0 Å². The Hall–Kier alpha value is -2.66. The Morgan fingerprint density at radius 2 is 2.00 bits per heavy atom. The predicted molar refractivity (Wildman–Crippen MR) is 94.3 cm³/mol. The molecule has 1 amide bonds. The molecule has 0 radical (unpaired) electrons. The van der Waals surface area contributed by atoms with Crippen molar-refractivity contribution in [2.45, 2.75) is 6.42 Å². The number of rotatable bonds is 5. The highest BCUT2D eigenvalue weighted by atomic mass is 32.1. The van der Waals surface area contributed by atoms with Crippen LogP contribution in [0, 0.1) is 0 Å². The van der Waals surface area contributed by atoms with Gasteiger partial charge in [0.2, 0.25) is 5.91 Å². The van der Waals surface area contributed by atoms with Crippen molar-refractivity contribution in [3.8, 4) is 5.75 Å². The molecule has 0 aliphatic carbocycles. The molecule has 0 unspecified atom stereocenters. The average Bonchev–Trinajstić information content (AvgIpc) is 3.08. The van der Waals surface area contributed by atoms with Crippen LogP contribution in [0.1, 0.15) is 10.4 Å². The first kappa shape index (κ1) is 15.2. The molecule has 0 fully saturated rings. The number of methoxy groups -OCH3 is 1.